The first kappa shape index (κ1) is 26.1. The van der Waals surface area contributed by atoms with Gasteiger partial charge in [-0.2, -0.15) is 0 Å². The zero-order valence-electron chi connectivity index (χ0n) is 22.8. The number of aryl methyl sites for hydroxylation is 3. The van der Waals surface area contributed by atoms with Crippen LogP contribution in [0.3, 0.4) is 0 Å². The Morgan fingerprint density at radius 3 is 2.61 bits per heavy atom. The lowest BCUT2D eigenvalue weighted by molar-refractivity contribution is -0.133. The molecule has 1 saturated heterocycles. The first-order valence-corrected chi connectivity index (χ1v) is 13.3. The molecule has 204 valence electrons. The van der Waals surface area contributed by atoms with E-state index in [0.29, 0.717) is 43.2 Å². The molecule has 2 aromatic heterocycles. The highest BCUT2D eigenvalue weighted by Crippen LogP contribution is 2.50. The van der Waals surface area contributed by atoms with E-state index < -0.39 is 6.04 Å². The number of hydrogen-bond donors (Lipinski definition) is 2. The summed E-state index contributed by atoms with van der Waals surface area (Å²) < 4.78 is 12.8. The zero-order valence-corrected chi connectivity index (χ0v) is 22.8. The number of amides is 3. The summed E-state index contributed by atoms with van der Waals surface area (Å²) in [5.41, 5.74) is 3.86. The van der Waals surface area contributed by atoms with Crippen molar-refractivity contribution in [1.29, 1.82) is 0 Å². The van der Waals surface area contributed by atoms with Gasteiger partial charge in [-0.05, 0) is 50.8 Å². The number of rotatable bonds is 5. The van der Waals surface area contributed by atoms with Crippen LogP contribution in [-0.2, 0) is 17.3 Å². The van der Waals surface area contributed by atoms with Gasteiger partial charge in [-0.15, -0.1) is 0 Å². The summed E-state index contributed by atoms with van der Waals surface area (Å²) in [5.74, 6) is 1.46. The van der Waals surface area contributed by atoms with Gasteiger partial charge in [-0.3, -0.25) is 4.79 Å². The predicted molar refractivity (Wildman–Crippen MR) is 143 cm³/mol. The number of likely N-dealkylation sites (tertiary alicyclic amines) is 1. The summed E-state index contributed by atoms with van der Waals surface area (Å²) in [6.07, 6.45) is 2.83. The number of urea groups is 1. The smallest absolute Gasteiger partial charge is 0.322 e. The highest BCUT2D eigenvalue weighted by atomic mass is 16.5. The van der Waals surface area contributed by atoms with Crippen LogP contribution in [0.4, 0.5) is 10.5 Å². The van der Waals surface area contributed by atoms with Crippen molar-refractivity contribution in [3.8, 4) is 5.75 Å². The van der Waals surface area contributed by atoms with Gasteiger partial charge in [0.1, 0.15) is 17.1 Å². The molecule has 0 radical (unpaired) electrons. The SMILES string of the molecule is CCCC(=O)N1CCC2(CC1)CN(C(=O)Nc1c(C)noc1C)[C@H](CO)c1c2c2ccc(OC)cc2n1C. The molecule has 2 N–H and O–H groups in total. The standard InChI is InChI=1S/C28H37N5O5/c1-6-7-23(35)32-12-10-28(11-13-32)16-33(27(36)29-25-17(2)30-38-18(25)3)22(15-34)26-24(28)20-9-8-19(37-5)14-21(20)31(26)4/h8-9,14,22,34H,6-7,10-13,15-16H2,1-5H3,(H,29,36)/t22-/m1/s1. The van der Waals surface area contributed by atoms with E-state index in [4.69, 9.17) is 9.26 Å². The van der Waals surface area contributed by atoms with Gasteiger partial charge in [-0.1, -0.05) is 12.1 Å². The maximum absolute atomic E-state index is 13.8. The van der Waals surface area contributed by atoms with Crippen LogP contribution in [0.5, 0.6) is 5.75 Å². The normalized spacial score (nSPS) is 18.6. The van der Waals surface area contributed by atoms with E-state index in [9.17, 15) is 14.7 Å². The molecule has 0 aliphatic carbocycles. The molecule has 2 aliphatic heterocycles. The number of hydrogen-bond acceptors (Lipinski definition) is 6. The molecule has 10 heteroatoms. The van der Waals surface area contributed by atoms with E-state index in [1.54, 1.807) is 25.9 Å². The highest BCUT2D eigenvalue weighted by molar-refractivity contribution is 5.93. The van der Waals surface area contributed by atoms with Crippen LogP contribution in [0.2, 0.25) is 0 Å². The molecular formula is C28H37N5O5. The van der Waals surface area contributed by atoms with Gasteiger partial charge in [-0.25, -0.2) is 4.79 Å². The number of fused-ring (bicyclic) bond motifs is 4. The van der Waals surface area contributed by atoms with E-state index in [1.807, 2.05) is 31.0 Å². The molecule has 4 heterocycles. The van der Waals surface area contributed by atoms with E-state index >= 15 is 0 Å². The molecule has 3 amide bonds. The van der Waals surface area contributed by atoms with Crippen molar-refractivity contribution >= 4 is 28.5 Å². The lowest BCUT2D eigenvalue weighted by Crippen LogP contribution is -2.56. The molecular weight excluding hydrogens is 486 g/mol. The molecule has 0 bridgehead atoms. The average Bonchev–Trinajstić information content (AvgIpc) is 3.40. The Hall–Kier alpha value is -3.53. The van der Waals surface area contributed by atoms with Gasteiger partial charge in [0, 0.05) is 55.7 Å². The number of aliphatic hydroxyl groups is 1. The first-order chi connectivity index (χ1) is 18.2. The fraction of sp³-hybridized carbons (Fsp3) is 0.536. The van der Waals surface area contributed by atoms with Gasteiger partial charge >= 0.3 is 6.03 Å². The fourth-order valence-electron chi connectivity index (χ4n) is 6.38. The largest absolute Gasteiger partial charge is 0.497 e. The van der Waals surface area contributed by atoms with Crippen molar-refractivity contribution < 1.29 is 24.0 Å². The topological polar surface area (TPSA) is 113 Å². The maximum Gasteiger partial charge on any atom is 0.322 e. The third kappa shape index (κ3) is 4.11. The molecule has 0 saturated carbocycles. The Morgan fingerprint density at radius 2 is 2.00 bits per heavy atom. The van der Waals surface area contributed by atoms with Gasteiger partial charge < -0.3 is 34.1 Å². The number of carbonyl (C=O) groups excluding carboxylic acids is 2. The molecule has 0 unspecified atom stereocenters. The van der Waals surface area contributed by atoms with E-state index in [0.717, 1.165) is 41.6 Å². The Bertz CT molecular complexity index is 1350. The minimum absolute atomic E-state index is 0.183. The molecule has 1 fully saturated rings. The molecule has 2 aliphatic rings. The van der Waals surface area contributed by atoms with Gasteiger partial charge in [0.25, 0.3) is 0 Å². The van der Waals surface area contributed by atoms with Crippen LogP contribution in [0.15, 0.2) is 22.7 Å². The minimum atomic E-state index is -0.542. The lowest BCUT2D eigenvalue weighted by atomic mass is 9.68. The molecule has 38 heavy (non-hydrogen) atoms. The quantitative estimate of drug-likeness (QED) is 0.522. The molecule has 5 rings (SSSR count). The highest BCUT2D eigenvalue weighted by Gasteiger charge is 2.50. The molecule has 3 aromatic rings. The molecule has 1 aromatic carbocycles. The molecule has 10 nitrogen and oxygen atoms in total. The number of benzene rings is 1. The third-order valence-corrected chi connectivity index (χ3v) is 8.38. The number of aliphatic hydroxyl groups excluding tert-OH is 1. The summed E-state index contributed by atoms with van der Waals surface area (Å²) in [6, 6.07) is 5.19. The van der Waals surface area contributed by atoms with Crippen LogP contribution in [0.1, 0.15) is 61.4 Å². The van der Waals surface area contributed by atoms with Crippen molar-refractivity contribution in [2.75, 3.05) is 38.7 Å². The van der Waals surface area contributed by atoms with E-state index in [2.05, 4.69) is 21.1 Å². The predicted octanol–water partition coefficient (Wildman–Crippen LogP) is 4.03. The summed E-state index contributed by atoms with van der Waals surface area (Å²) >= 11 is 0. The number of methoxy groups -OCH3 is 1. The Balaban J connectivity index is 1.61. The van der Waals surface area contributed by atoms with Crippen molar-refractivity contribution in [3.63, 3.8) is 0 Å². The number of aromatic nitrogens is 2. The fourth-order valence-corrected chi connectivity index (χ4v) is 6.38. The van der Waals surface area contributed by atoms with Gasteiger partial charge in [0.15, 0.2) is 5.76 Å². The van der Waals surface area contributed by atoms with Crippen molar-refractivity contribution in [2.45, 2.75) is 57.9 Å². The second-order valence-electron chi connectivity index (χ2n) is 10.6. The Morgan fingerprint density at radius 1 is 1.26 bits per heavy atom. The summed E-state index contributed by atoms with van der Waals surface area (Å²) in [4.78, 5) is 30.2. The Labute approximate surface area is 222 Å². The van der Waals surface area contributed by atoms with Crippen LogP contribution < -0.4 is 10.1 Å². The second kappa shape index (κ2) is 9.98. The number of anilines is 1. The van der Waals surface area contributed by atoms with Crippen LogP contribution >= 0.6 is 0 Å². The number of ether oxygens (including phenoxy) is 1. The van der Waals surface area contributed by atoms with Crippen molar-refractivity contribution in [2.24, 2.45) is 7.05 Å². The third-order valence-electron chi connectivity index (χ3n) is 8.38. The lowest BCUT2D eigenvalue weighted by Gasteiger charge is -2.50. The van der Waals surface area contributed by atoms with E-state index in [1.165, 1.54) is 5.56 Å². The molecule has 1 spiro atoms. The van der Waals surface area contributed by atoms with E-state index in [-0.39, 0.29) is 24.0 Å². The number of carbonyl (C=O) groups is 2. The van der Waals surface area contributed by atoms with Gasteiger partial charge in [0.05, 0.1) is 25.3 Å². The summed E-state index contributed by atoms with van der Waals surface area (Å²) in [6.45, 7) is 7.04. The monoisotopic (exact) mass is 523 g/mol. The zero-order chi connectivity index (χ0) is 27.2. The maximum atomic E-state index is 13.8. The number of nitrogens with zero attached hydrogens (tertiary/aromatic N) is 4. The first-order valence-electron chi connectivity index (χ1n) is 13.3. The Kier molecular flexibility index (Phi) is 6.85. The van der Waals surface area contributed by atoms with Crippen LogP contribution in [-0.4, -0.2) is 69.9 Å². The average molecular weight is 524 g/mol. The van der Waals surface area contributed by atoms with Crippen molar-refractivity contribution in [1.82, 2.24) is 19.5 Å². The summed E-state index contributed by atoms with van der Waals surface area (Å²) in [7, 11) is 3.62. The van der Waals surface area contributed by atoms with Gasteiger partial charge in [0.2, 0.25) is 5.91 Å². The van der Waals surface area contributed by atoms with Crippen molar-refractivity contribution in [3.05, 3.63) is 40.9 Å². The number of nitrogens with one attached hydrogen (secondary N) is 1. The number of piperidine rings is 1. The molecule has 1 atom stereocenters. The summed E-state index contributed by atoms with van der Waals surface area (Å²) in [5, 5.41) is 18.7. The van der Waals surface area contributed by atoms with Crippen LogP contribution in [0, 0.1) is 13.8 Å². The van der Waals surface area contributed by atoms with Crippen LogP contribution in [0.25, 0.3) is 10.9 Å². The second-order valence-corrected chi connectivity index (χ2v) is 10.6. The minimum Gasteiger partial charge on any atom is -0.497 e.